The fourth-order valence-electron chi connectivity index (χ4n) is 1.52. The predicted molar refractivity (Wildman–Crippen MR) is 57.4 cm³/mol. The summed E-state index contributed by atoms with van der Waals surface area (Å²) >= 11 is 0. The summed E-state index contributed by atoms with van der Waals surface area (Å²) < 4.78 is 3.24. The molecule has 0 atom stereocenters. The second-order valence-corrected chi connectivity index (χ2v) is 3.38. The van der Waals surface area contributed by atoms with E-state index in [0.29, 0.717) is 11.8 Å². The van der Waals surface area contributed by atoms with E-state index in [9.17, 15) is 0 Å². The van der Waals surface area contributed by atoms with Crippen molar-refractivity contribution in [2.24, 2.45) is 7.05 Å². The van der Waals surface area contributed by atoms with Gasteiger partial charge in [0.15, 0.2) is 5.82 Å². The van der Waals surface area contributed by atoms with Crippen molar-refractivity contribution in [3.05, 3.63) is 24.8 Å². The highest BCUT2D eigenvalue weighted by Gasteiger charge is 2.12. The molecule has 0 aliphatic carbocycles. The molecule has 0 saturated heterocycles. The summed E-state index contributed by atoms with van der Waals surface area (Å²) in [6.45, 7) is 0. The molecule has 80 valence electrons. The lowest BCUT2D eigenvalue weighted by atomic mass is 10.3. The maximum absolute atomic E-state index is 5.64. The SMILES string of the molecule is Cn1nc(-c2cnn3ccncc23)nc1N. The molecule has 16 heavy (non-hydrogen) atoms. The van der Waals surface area contributed by atoms with Crippen LogP contribution in [0.25, 0.3) is 16.9 Å². The number of fused-ring (bicyclic) bond motifs is 1. The zero-order valence-corrected chi connectivity index (χ0v) is 8.57. The average Bonchev–Trinajstić information content (AvgIpc) is 2.83. The van der Waals surface area contributed by atoms with E-state index >= 15 is 0 Å². The van der Waals surface area contributed by atoms with E-state index in [2.05, 4.69) is 20.2 Å². The third-order valence-corrected chi connectivity index (χ3v) is 2.36. The molecule has 3 rings (SSSR count). The Bertz CT molecular complexity index is 631. The number of anilines is 1. The van der Waals surface area contributed by atoms with Gasteiger partial charge in [0.05, 0.1) is 23.5 Å². The molecule has 0 radical (unpaired) electrons. The molecule has 0 spiro atoms. The van der Waals surface area contributed by atoms with Crippen LogP contribution in [0.4, 0.5) is 5.95 Å². The van der Waals surface area contributed by atoms with Crippen molar-refractivity contribution in [2.45, 2.75) is 0 Å². The Morgan fingerprint density at radius 2 is 2.19 bits per heavy atom. The molecule has 7 heteroatoms. The van der Waals surface area contributed by atoms with Gasteiger partial charge in [-0.2, -0.15) is 10.1 Å². The number of aromatic nitrogens is 6. The summed E-state index contributed by atoms with van der Waals surface area (Å²) in [4.78, 5) is 8.20. The van der Waals surface area contributed by atoms with Crippen LogP contribution >= 0.6 is 0 Å². The Balaban J connectivity index is 2.26. The molecule has 2 N–H and O–H groups in total. The minimum Gasteiger partial charge on any atom is -0.368 e. The number of hydrogen-bond donors (Lipinski definition) is 1. The van der Waals surface area contributed by atoms with Crippen molar-refractivity contribution in [1.82, 2.24) is 29.4 Å². The molecule has 0 bridgehead atoms. The number of nitrogen functional groups attached to an aromatic ring is 1. The molecule has 7 nitrogen and oxygen atoms in total. The Labute approximate surface area is 90.5 Å². The van der Waals surface area contributed by atoms with Gasteiger partial charge in [0, 0.05) is 19.4 Å². The van der Waals surface area contributed by atoms with Crippen LogP contribution in [0.3, 0.4) is 0 Å². The van der Waals surface area contributed by atoms with Crippen molar-refractivity contribution >= 4 is 11.5 Å². The minimum absolute atomic E-state index is 0.373. The monoisotopic (exact) mass is 215 g/mol. The first-order valence-corrected chi connectivity index (χ1v) is 4.70. The fraction of sp³-hybridized carbons (Fsp3) is 0.111. The molecule has 0 aliphatic rings. The van der Waals surface area contributed by atoms with E-state index in [0.717, 1.165) is 11.1 Å². The lowest BCUT2D eigenvalue weighted by Crippen LogP contribution is -1.97. The van der Waals surface area contributed by atoms with E-state index in [-0.39, 0.29) is 0 Å². The van der Waals surface area contributed by atoms with Crippen molar-refractivity contribution in [1.29, 1.82) is 0 Å². The number of hydrogen-bond acceptors (Lipinski definition) is 5. The van der Waals surface area contributed by atoms with Gasteiger partial charge in [0.2, 0.25) is 5.95 Å². The van der Waals surface area contributed by atoms with Crippen LogP contribution in [0.5, 0.6) is 0 Å². The molecule has 0 unspecified atom stereocenters. The van der Waals surface area contributed by atoms with E-state index < -0.39 is 0 Å². The number of nitrogens with two attached hydrogens (primary N) is 1. The lowest BCUT2D eigenvalue weighted by molar-refractivity contribution is 0.781. The first kappa shape index (κ1) is 8.84. The summed E-state index contributed by atoms with van der Waals surface area (Å²) in [6.07, 6.45) is 6.86. The van der Waals surface area contributed by atoms with E-state index in [1.54, 1.807) is 36.4 Å². The normalized spacial score (nSPS) is 11.1. The summed E-state index contributed by atoms with van der Waals surface area (Å²) in [5.74, 6) is 0.932. The van der Waals surface area contributed by atoms with Gasteiger partial charge < -0.3 is 5.73 Å². The van der Waals surface area contributed by atoms with Crippen molar-refractivity contribution in [3.63, 3.8) is 0 Å². The van der Waals surface area contributed by atoms with Crippen molar-refractivity contribution < 1.29 is 0 Å². The lowest BCUT2D eigenvalue weighted by Gasteiger charge is -1.92. The summed E-state index contributed by atoms with van der Waals surface area (Å²) in [7, 11) is 1.75. The van der Waals surface area contributed by atoms with Gasteiger partial charge in [-0.1, -0.05) is 0 Å². The van der Waals surface area contributed by atoms with Crippen LogP contribution in [-0.4, -0.2) is 29.4 Å². The molecule has 3 aromatic heterocycles. The standard InChI is InChI=1S/C9H9N7/c1-15-9(10)13-8(14-15)6-4-12-16-3-2-11-5-7(6)16/h2-5H,1H3,(H2,10,13,14). The fourth-order valence-corrected chi connectivity index (χ4v) is 1.52. The van der Waals surface area contributed by atoms with Crippen LogP contribution in [0.1, 0.15) is 0 Å². The highest BCUT2D eigenvalue weighted by atomic mass is 15.4. The summed E-state index contributed by atoms with van der Waals surface area (Å²) in [5.41, 5.74) is 7.31. The molecule has 0 saturated carbocycles. The molecule has 0 fully saturated rings. The molecular formula is C9H9N7. The van der Waals surface area contributed by atoms with Crippen molar-refractivity contribution in [3.8, 4) is 11.4 Å². The number of aryl methyl sites for hydroxylation is 1. The Morgan fingerprint density at radius 3 is 2.94 bits per heavy atom. The number of rotatable bonds is 1. The Hall–Kier alpha value is -2.44. The molecule has 3 aromatic rings. The van der Waals surface area contributed by atoms with Crippen LogP contribution in [-0.2, 0) is 7.05 Å². The third kappa shape index (κ3) is 1.14. The van der Waals surface area contributed by atoms with E-state index in [1.807, 2.05) is 0 Å². The first-order chi connectivity index (χ1) is 7.75. The van der Waals surface area contributed by atoms with E-state index in [4.69, 9.17) is 5.73 Å². The average molecular weight is 215 g/mol. The van der Waals surface area contributed by atoms with Gasteiger partial charge in [-0.15, -0.1) is 5.10 Å². The highest BCUT2D eigenvalue weighted by Crippen LogP contribution is 2.20. The zero-order valence-electron chi connectivity index (χ0n) is 8.57. The number of nitrogens with zero attached hydrogens (tertiary/aromatic N) is 6. The second-order valence-electron chi connectivity index (χ2n) is 3.38. The molecular weight excluding hydrogens is 206 g/mol. The third-order valence-electron chi connectivity index (χ3n) is 2.36. The maximum Gasteiger partial charge on any atom is 0.218 e. The first-order valence-electron chi connectivity index (χ1n) is 4.70. The van der Waals surface area contributed by atoms with Crippen LogP contribution in [0, 0.1) is 0 Å². The molecule has 3 heterocycles. The highest BCUT2D eigenvalue weighted by molar-refractivity contribution is 5.75. The van der Waals surface area contributed by atoms with Crippen molar-refractivity contribution in [2.75, 3.05) is 5.73 Å². The van der Waals surface area contributed by atoms with Crippen LogP contribution in [0.15, 0.2) is 24.8 Å². The van der Waals surface area contributed by atoms with Gasteiger partial charge in [0.1, 0.15) is 0 Å². The van der Waals surface area contributed by atoms with Crippen LogP contribution in [0.2, 0.25) is 0 Å². The summed E-state index contributed by atoms with van der Waals surface area (Å²) in [5, 5.41) is 8.38. The minimum atomic E-state index is 0.373. The topological polar surface area (TPSA) is 86.9 Å². The Morgan fingerprint density at radius 1 is 1.31 bits per heavy atom. The molecule has 0 aromatic carbocycles. The van der Waals surface area contributed by atoms with Gasteiger partial charge in [-0.05, 0) is 0 Å². The molecule has 0 aliphatic heterocycles. The molecule has 0 amide bonds. The predicted octanol–water partition coefficient (Wildman–Crippen LogP) is 0.107. The van der Waals surface area contributed by atoms with Gasteiger partial charge in [-0.25, -0.2) is 9.20 Å². The van der Waals surface area contributed by atoms with Crippen LogP contribution < -0.4 is 5.73 Å². The zero-order chi connectivity index (χ0) is 11.1. The largest absolute Gasteiger partial charge is 0.368 e. The second kappa shape index (κ2) is 3.02. The quantitative estimate of drug-likeness (QED) is 0.622. The summed E-state index contributed by atoms with van der Waals surface area (Å²) in [6, 6.07) is 0. The smallest absolute Gasteiger partial charge is 0.218 e. The van der Waals surface area contributed by atoms with Gasteiger partial charge in [0.25, 0.3) is 0 Å². The van der Waals surface area contributed by atoms with E-state index in [1.165, 1.54) is 4.68 Å². The van der Waals surface area contributed by atoms with Gasteiger partial charge in [-0.3, -0.25) is 4.98 Å². The van der Waals surface area contributed by atoms with Gasteiger partial charge >= 0.3 is 0 Å². The Kier molecular flexibility index (Phi) is 1.67. The maximum atomic E-state index is 5.64.